The van der Waals surface area contributed by atoms with Crippen LogP contribution < -0.4 is 0 Å². The Morgan fingerprint density at radius 2 is 1.69 bits per heavy atom. The molecule has 96 valence electrons. The Hall–Kier alpha value is -0.580. The molecule has 0 aliphatic rings. The average molecular weight is 250 g/mol. The van der Waals surface area contributed by atoms with Crippen LogP contribution in [-0.4, -0.2) is 30.5 Å². The van der Waals surface area contributed by atoms with Gasteiger partial charge in [-0.1, -0.05) is 6.92 Å². The largest absolute Gasteiger partial charge is 0.459 e. The first-order valence-corrected chi connectivity index (χ1v) is 7.09. The van der Waals surface area contributed by atoms with Crippen molar-refractivity contribution in [2.24, 2.45) is 0 Å². The Balaban J connectivity index is 4.81. The minimum absolute atomic E-state index is 0.496. The summed E-state index contributed by atoms with van der Waals surface area (Å²) in [4.78, 5) is 11.6. The lowest BCUT2D eigenvalue weighted by Crippen LogP contribution is -2.38. The van der Waals surface area contributed by atoms with E-state index in [1.165, 1.54) is 6.92 Å². The summed E-state index contributed by atoms with van der Waals surface area (Å²) < 4.78 is 28.8. The van der Waals surface area contributed by atoms with Gasteiger partial charge in [-0.3, -0.25) is 4.79 Å². The SMILES string of the molecule is CCC(C)S(=O)(=O)C(C)C(=O)OC(C)(C)C. The number of carbonyl (C=O) groups excluding carboxylic acids is 1. The van der Waals surface area contributed by atoms with Crippen LogP contribution in [0.3, 0.4) is 0 Å². The molecule has 0 spiro atoms. The lowest BCUT2D eigenvalue weighted by atomic mass is 10.2. The zero-order valence-electron chi connectivity index (χ0n) is 10.9. The molecule has 0 N–H and O–H groups in total. The van der Waals surface area contributed by atoms with Crippen LogP contribution in [0.4, 0.5) is 0 Å². The fourth-order valence-electron chi connectivity index (χ4n) is 1.10. The van der Waals surface area contributed by atoms with Crippen molar-refractivity contribution in [3.8, 4) is 0 Å². The van der Waals surface area contributed by atoms with Crippen LogP contribution in [0.15, 0.2) is 0 Å². The number of carbonyl (C=O) groups is 1. The van der Waals surface area contributed by atoms with Gasteiger partial charge in [0, 0.05) is 0 Å². The van der Waals surface area contributed by atoms with Gasteiger partial charge in [0.05, 0.1) is 5.25 Å². The normalized spacial score (nSPS) is 16.6. The van der Waals surface area contributed by atoms with Crippen molar-refractivity contribution in [2.45, 2.75) is 64.1 Å². The summed E-state index contributed by atoms with van der Waals surface area (Å²) in [6.07, 6.45) is 0.496. The molecular weight excluding hydrogens is 228 g/mol. The number of hydrogen-bond acceptors (Lipinski definition) is 4. The van der Waals surface area contributed by atoms with E-state index in [-0.39, 0.29) is 0 Å². The Morgan fingerprint density at radius 1 is 1.25 bits per heavy atom. The molecule has 0 aliphatic heterocycles. The quantitative estimate of drug-likeness (QED) is 0.715. The molecular formula is C11H22O4S. The molecule has 0 radical (unpaired) electrons. The van der Waals surface area contributed by atoms with Gasteiger partial charge in [-0.05, 0) is 41.0 Å². The van der Waals surface area contributed by atoms with E-state index in [4.69, 9.17) is 4.74 Å². The number of esters is 1. The van der Waals surface area contributed by atoms with Gasteiger partial charge in [-0.25, -0.2) is 8.42 Å². The van der Waals surface area contributed by atoms with Gasteiger partial charge >= 0.3 is 5.97 Å². The van der Waals surface area contributed by atoms with E-state index in [0.717, 1.165) is 0 Å². The van der Waals surface area contributed by atoms with Gasteiger partial charge in [0.15, 0.2) is 15.1 Å². The van der Waals surface area contributed by atoms with Crippen LogP contribution in [0.2, 0.25) is 0 Å². The third kappa shape index (κ3) is 4.12. The van der Waals surface area contributed by atoms with Crippen molar-refractivity contribution in [2.75, 3.05) is 0 Å². The second-order valence-electron chi connectivity index (χ2n) is 4.98. The van der Waals surface area contributed by atoms with Gasteiger partial charge < -0.3 is 4.74 Å². The molecule has 0 rings (SSSR count). The van der Waals surface area contributed by atoms with E-state index in [0.29, 0.717) is 6.42 Å². The molecule has 0 heterocycles. The molecule has 2 atom stereocenters. The molecule has 16 heavy (non-hydrogen) atoms. The second-order valence-corrected chi connectivity index (χ2v) is 7.67. The first-order chi connectivity index (χ1) is 7.02. The minimum atomic E-state index is -3.44. The van der Waals surface area contributed by atoms with E-state index < -0.39 is 31.9 Å². The van der Waals surface area contributed by atoms with E-state index >= 15 is 0 Å². The predicted molar refractivity (Wildman–Crippen MR) is 64.0 cm³/mol. The van der Waals surface area contributed by atoms with Crippen molar-refractivity contribution in [3.63, 3.8) is 0 Å². The van der Waals surface area contributed by atoms with Gasteiger partial charge in [0.2, 0.25) is 0 Å². The summed E-state index contributed by atoms with van der Waals surface area (Å²) in [6.45, 7) is 9.92. The van der Waals surface area contributed by atoms with Crippen LogP contribution in [0.1, 0.15) is 48.0 Å². The standard InChI is InChI=1S/C11H22O4S/c1-7-8(2)16(13,14)9(3)10(12)15-11(4,5)6/h8-9H,7H2,1-6H3. The molecule has 0 amide bonds. The third-order valence-electron chi connectivity index (χ3n) is 2.37. The first kappa shape index (κ1) is 15.4. The monoisotopic (exact) mass is 250 g/mol. The third-order valence-corrected chi connectivity index (χ3v) is 5.00. The summed E-state index contributed by atoms with van der Waals surface area (Å²) in [5.74, 6) is -0.673. The molecule has 5 heteroatoms. The van der Waals surface area contributed by atoms with Crippen molar-refractivity contribution >= 4 is 15.8 Å². The maximum Gasteiger partial charge on any atom is 0.324 e. The smallest absolute Gasteiger partial charge is 0.324 e. The Kier molecular flexibility index (Phi) is 4.98. The number of sulfone groups is 1. The molecule has 0 saturated heterocycles. The molecule has 2 unspecified atom stereocenters. The topological polar surface area (TPSA) is 60.4 Å². The lowest BCUT2D eigenvalue weighted by molar-refractivity contribution is -0.153. The zero-order valence-corrected chi connectivity index (χ0v) is 11.7. The van der Waals surface area contributed by atoms with Crippen LogP contribution in [0.5, 0.6) is 0 Å². The highest BCUT2D eigenvalue weighted by Crippen LogP contribution is 2.16. The maximum atomic E-state index is 11.9. The number of rotatable bonds is 4. The Morgan fingerprint density at radius 3 is 2.00 bits per heavy atom. The Bertz CT molecular complexity index is 337. The number of hydrogen-bond donors (Lipinski definition) is 0. The van der Waals surface area contributed by atoms with Crippen molar-refractivity contribution in [1.29, 1.82) is 0 Å². The second kappa shape index (κ2) is 5.17. The molecule has 0 bridgehead atoms. The van der Waals surface area contributed by atoms with Crippen LogP contribution >= 0.6 is 0 Å². The van der Waals surface area contributed by atoms with Gasteiger partial charge in [-0.15, -0.1) is 0 Å². The van der Waals surface area contributed by atoms with Crippen LogP contribution in [-0.2, 0) is 19.4 Å². The van der Waals surface area contributed by atoms with Gasteiger partial charge in [-0.2, -0.15) is 0 Å². The number of ether oxygens (including phenoxy) is 1. The fraction of sp³-hybridized carbons (Fsp3) is 0.909. The Labute approximate surface area is 98.3 Å². The summed E-state index contributed by atoms with van der Waals surface area (Å²) in [7, 11) is -3.44. The van der Waals surface area contributed by atoms with Crippen molar-refractivity contribution < 1.29 is 17.9 Å². The van der Waals surface area contributed by atoms with Gasteiger partial charge in [0.1, 0.15) is 5.60 Å². The molecule has 0 aliphatic carbocycles. The van der Waals surface area contributed by atoms with E-state index in [2.05, 4.69) is 0 Å². The summed E-state index contributed by atoms with van der Waals surface area (Å²) in [5, 5.41) is -1.61. The molecule has 0 fully saturated rings. The lowest BCUT2D eigenvalue weighted by Gasteiger charge is -2.23. The first-order valence-electron chi connectivity index (χ1n) is 5.48. The van der Waals surface area contributed by atoms with Gasteiger partial charge in [0.25, 0.3) is 0 Å². The predicted octanol–water partition coefficient (Wildman–Crippen LogP) is 1.93. The fourth-order valence-corrected chi connectivity index (χ4v) is 2.58. The van der Waals surface area contributed by atoms with E-state index in [9.17, 15) is 13.2 Å². The molecule has 4 nitrogen and oxygen atoms in total. The van der Waals surface area contributed by atoms with Crippen molar-refractivity contribution in [3.05, 3.63) is 0 Å². The highest BCUT2D eigenvalue weighted by atomic mass is 32.2. The van der Waals surface area contributed by atoms with Crippen LogP contribution in [0, 0.1) is 0 Å². The molecule has 0 aromatic carbocycles. The molecule has 0 saturated carbocycles. The summed E-state index contributed by atoms with van der Waals surface area (Å²) in [6, 6.07) is 0. The molecule has 0 aromatic heterocycles. The van der Waals surface area contributed by atoms with E-state index in [1.807, 2.05) is 0 Å². The maximum absolute atomic E-state index is 11.9. The molecule has 0 aromatic rings. The van der Waals surface area contributed by atoms with Crippen LogP contribution in [0.25, 0.3) is 0 Å². The zero-order chi connectivity index (χ0) is 13.1. The highest BCUT2D eigenvalue weighted by molar-refractivity contribution is 7.93. The summed E-state index contributed by atoms with van der Waals surface area (Å²) >= 11 is 0. The summed E-state index contributed by atoms with van der Waals surface area (Å²) in [5.41, 5.74) is -0.656. The highest BCUT2D eigenvalue weighted by Gasteiger charge is 2.35. The minimum Gasteiger partial charge on any atom is -0.459 e. The average Bonchev–Trinajstić information content (AvgIpc) is 2.12. The van der Waals surface area contributed by atoms with E-state index in [1.54, 1.807) is 34.6 Å². The van der Waals surface area contributed by atoms with Crippen molar-refractivity contribution in [1.82, 2.24) is 0 Å².